The SMILES string of the molecule is CC(=O)Nc1ccc(C(=O)O[C@@H](C)C(N)=O)cc1. The van der Waals surface area contributed by atoms with E-state index in [0.29, 0.717) is 5.69 Å². The van der Waals surface area contributed by atoms with Gasteiger partial charge in [-0.15, -0.1) is 0 Å². The Kier molecular flexibility index (Phi) is 4.42. The lowest BCUT2D eigenvalue weighted by Gasteiger charge is -2.09. The zero-order valence-corrected chi connectivity index (χ0v) is 10.1. The number of nitrogens with two attached hydrogens (primary N) is 1. The van der Waals surface area contributed by atoms with Gasteiger partial charge in [-0.3, -0.25) is 9.59 Å². The Morgan fingerprint density at radius 1 is 1.22 bits per heavy atom. The molecule has 0 saturated carbocycles. The van der Waals surface area contributed by atoms with Crippen molar-refractivity contribution in [3.63, 3.8) is 0 Å². The molecule has 1 aromatic carbocycles. The summed E-state index contributed by atoms with van der Waals surface area (Å²) < 4.78 is 4.82. The van der Waals surface area contributed by atoms with Crippen LogP contribution in [0, 0.1) is 0 Å². The largest absolute Gasteiger partial charge is 0.449 e. The van der Waals surface area contributed by atoms with Crippen molar-refractivity contribution in [2.75, 3.05) is 5.32 Å². The van der Waals surface area contributed by atoms with E-state index in [1.807, 2.05) is 0 Å². The lowest BCUT2D eigenvalue weighted by atomic mass is 10.2. The highest BCUT2D eigenvalue weighted by atomic mass is 16.5. The molecule has 3 N–H and O–H groups in total. The van der Waals surface area contributed by atoms with Crippen molar-refractivity contribution >= 4 is 23.5 Å². The number of carbonyl (C=O) groups is 3. The zero-order valence-electron chi connectivity index (χ0n) is 10.1. The fraction of sp³-hybridized carbons (Fsp3) is 0.250. The molecule has 0 saturated heterocycles. The predicted octanol–water partition coefficient (Wildman–Crippen LogP) is 0.676. The van der Waals surface area contributed by atoms with Crippen molar-refractivity contribution in [1.29, 1.82) is 0 Å². The van der Waals surface area contributed by atoms with Gasteiger partial charge in [-0.2, -0.15) is 0 Å². The van der Waals surface area contributed by atoms with E-state index in [0.717, 1.165) is 0 Å². The number of nitrogens with one attached hydrogen (secondary N) is 1. The summed E-state index contributed by atoms with van der Waals surface area (Å²) in [6, 6.07) is 6.10. The summed E-state index contributed by atoms with van der Waals surface area (Å²) in [6.07, 6.45) is -0.979. The van der Waals surface area contributed by atoms with Gasteiger partial charge in [0.2, 0.25) is 5.91 Å². The molecular weight excluding hydrogens is 236 g/mol. The van der Waals surface area contributed by atoms with E-state index >= 15 is 0 Å². The average molecular weight is 250 g/mol. The predicted molar refractivity (Wildman–Crippen MR) is 64.8 cm³/mol. The lowest BCUT2D eigenvalue weighted by Crippen LogP contribution is -2.30. The second-order valence-corrected chi connectivity index (χ2v) is 3.71. The second-order valence-electron chi connectivity index (χ2n) is 3.71. The number of rotatable bonds is 4. The maximum absolute atomic E-state index is 11.6. The van der Waals surface area contributed by atoms with Gasteiger partial charge in [0.1, 0.15) is 0 Å². The molecule has 6 nitrogen and oxygen atoms in total. The minimum atomic E-state index is -0.979. The molecule has 0 unspecified atom stereocenters. The van der Waals surface area contributed by atoms with E-state index in [2.05, 4.69) is 5.32 Å². The number of amides is 2. The van der Waals surface area contributed by atoms with Crippen molar-refractivity contribution in [2.24, 2.45) is 5.73 Å². The number of primary amides is 1. The second kappa shape index (κ2) is 5.81. The van der Waals surface area contributed by atoms with Gasteiger partial charge in [0.15, 0.2) is 6.10 Å². The van der Waals surface area contributed by atoms with Gasteiger partial charge in [0.05, 0.1) is 5.56 Å². The summed E-state index contributed by atoms with van der Waals surface area (Å²) >= 11 is 0. The smallest absolute Gasteiger partial charge is 0.338 e. The van der Waals surface area contributed by atoms with Gasteiger partial charge in [-0.25, -0.2) is 4.79 Å². The van der Waals surface area contributed by atoms with Crippen LogP contribution in [0.25, 0.3) is 0 Å². The highest BCUT2D eigenvalue weighted by molar-refractivity contribution is 5.93. The van der Waals surface area contributed by atoms with Crippen LogP contribution < -0.4 is 11.1 Å². The minimum absolute atomic E-state index is 0.201. The number of esters is 1. The van der Waals surface area contributed by atoms with Crippen molar-refractivity contribution in [2.45, 2.75) is 20.0 Å². The van der Waals surface area contributed by atoms with Crippen molar-refractivity contribution in [1.82, 2.24) is 0 Å². The summed E-state index contributed by atoms with van der Waals surface area (Å²) in [5.41, 5.74) is 5.82. The molecule has 0 heterocycles. The summed E-state index contributed by atoms with van der Waals surface area (Å²) in [5.74, 6) is -1.55. The molecule has 0 aromatic heterocycles. The normalized spacial score (nSPS) is 11.4. The van der Waals surface area contributed by atoms with Gasteiger partial charge in [-0.1, -0.05) is 0 Å². The van der Waals surface area contributed by atoms with Crippen LogP contribution in [-0.2, 0) is 14.3 Å². The Morgan fingerprint density at radius 2 is 1.78 bits per heavy atom. The summed E-state index contributed by atoms with van der Waals surface area (Å²) in [4.78, 5) is 33.1. The molecule has 1 atom stereocenters. The molecule has 0 bridgehead atoms. The first kappa shape index (κ1) is 13.7. The Balaban J connectivity index is 2.70. The maximum atomic E-state index is 11.6. The Bertz CT molecular complexity index is 467. The molecule has 0 spiro atoms. The molecule has 18 heavy (non-hydrogen) atoms. The Morgan fingerprint density at radius 3 is 2.22 bits per heavy atom. The molecule has 96 valence electrons. The van der Waals surface area contributed by atoms with Gasteiger partial charge in [-0.05, 0) is 31.2 Å². The zero-order chi connectivity index (χ0) is 13.7. The van der Waals surface area contributed by atoms with Gasteiger partial charge in [0, 0.05) is 12.6 Å². The molecule has 6 heteroatoms. The van der Waals surface area contributed by atoms with Crippen LogP contribution in [0.15, 0.2) is 24.3 Å². The number of anilines is 1. The van der Waals surface area contributed by atoms with E-state index < -0.39 is 18.0 Å². The topological polar surface area (TPSA) is 98.5 Å². The van der Waals surface area contributed by atoms with Crippen LogP contribution in [0.3, 0.4) is 0 Å². The fourth-order valence-corrected chi connectivity index (χ4v) is 1.18. The van der Waals surface area contributed by atoms with Gasteiger partial charge >= 0.3 is 5.97 Å². The minimum Gasteiger partial charge on any atom is -0.449 e. The number of ether oxygens (including phenoxy) is 1. The first-order valence-corrected chi connectivity index (χ1v) is 5.28. The Hall–Kier alpha value is -2.37. The number of hydrogen-bond acceptors (Lipinski definition) is 4. The quantitative estimate of drug-likeness (QED) is 0.767. The molecule has 0 fully saturated rings. The van der Waals surface area contributed by atoms with Crippen LogP contribution in [0.1, 0.15) is 24.2 Å². The van der Waals surface area contributed by atoms with Crippen LogP contribution in [0.2, 0.25) is 0 Å². The van der Waals surface area contributed by atoms with E-state index in [4.69, 9.17) is 10.5 Å². The monoisotopic (exact) mass is 250 g/mol. The lowest BCUT2D eigenvalue weighted by molar-refractivity contribution is -0.125. The van der Waals surface area contributed by atoms with Gasteiger partial charge < -0.3 is 15.8 Å². The van der Waals surface area contributed by atoms with Crippen LogP contribution in [0.5, 0.6) is 0 Å². The van der Waals surface area contributed by atoms with Crippen LogP contribution >= 0.6 is 0 Å². The summed E-state index contributed by atoms with van der Waals surface area (Å²) in [5, 5.41) is 2.56. The van der Waals surface area contributed by atoms with E-state index in [-0.39, 0.29) is 11.5 Å². The van der Waals surface area contributed by atoms with Gasteiger partial charge in [0.25, 0.3) is 5.91 Å². The first-order valence-electron chi connectivity index (χ1n) is 5.28. The van der Waals surface area contributed by atoms with E-state index in [1.165, 1.54) is 26.0 Å². The molecular formula is C12H14N2O4. The Labute approximate surface area is 104 Å². The third-order valence-electron chi connectivity index (χ3n) is 2.13. The fourth-order valence-electron chi connectivity index (χ4n) is 1.18. The highest BCUT2D eigenvalue weighted by Gasteiger charge is 2.15. The molecule has 0 radical (unpaired) electrons. The highest BCUT2D eigenvalue weighted by Crippen LogP contribution is 2.11. The summed E-state index contributed by atoms with van der Waals surface area (Å²) in [6.45, 7) is 2.78. The van der Waals surface area contributed by atoms with Crippen molar-refractivity contribution in [3.8, 4) is 0 Å². The molecule has 0 aliphatic rings. The molecule has 0 aliphatic heterocycles. The molecule has 1 aromatic rings. The number of hydrogen-bond donors (Lipinski definition) is 2. The van der Waals surface area contributed by atoms with Crippen molar-refractivity contribution in [3.05, 3.63) is 29.8 Å². The molecule has 0 aliphatic carbocycles. The number of carbonyl (C=O) groups excluding carboxylic acids is 3. The van der Waals surface area contributed by atoms with E-state index in [1.54, 1.807) is 12.1 Å². The number of benzene rings is 1. The molecule has 2 amide bonds. The molecule has 1 rings (SSSR count). The van der Waals surface area contributed by atoms with Crippen LogP contribution in [0.4, 0.5) is 5.69 Å². The average Bonchev–Trinajstić information content (AvgIpc) is 2.28. The van der Waals surface area contributed by atoms with Crippen molar-refractivity contribution < 1.29 is 19.1 Å². The first-order chi connectivity index (χ1) is 8.40. The standard InChI is InChI=1S/C12H14N2O4/c1-7(11(13)16)18-12(17)9-3-5-10(6-4-9)14-8(2)15/h3-7H,1-2H3,(H2,13,16)(H,14,15)/t7-/m0/s1. The van der Waals surface area contributed by atoms with Crippen LogP contribution in [-0.4, -0.2) is 23.9 Å². The maximum Gasteiger partial charge on any atom is 0.338 e. The third-order valence-corrected chi connectivity index (χ3v) is 2.13. The van der Waals surface area contributed by atoms with E-state index in [9.17, 15) is 14.4 Å². The third kappa shape index (κ3) is 3.89. The summed E-state index contributed by atoms with van der Waals surface area (Å²) in [7, 11) is 0.